The number of halogens is 1. The highest BCUT2D eigenvalue weighted by atomic mass is 35.5. The summed E-state index contributed by atoms with van der Waals surface area (Å²) in [5.41, 5.74) is 6.79. The van der Waals surface area contributed by atoms with E-state index in [2.05, 4.69) is 19.1 Å². The minimum Gasteiger partial charge on any atom is -0.330 e. The Morgan fingerprint density at radius 2 is 1.92 bits per heavy atom. The van der Waals surface area contributed by atoms with Crippen LogP contribution in [0.2, 0.25) is 5.02 Å². The molecule has 0 fully saturated rings. The van der Waals surface area contributed by atoms with E-state index in [1.54, 1.807) is 0 Å². The van der Waals surface area contributed by atoms with Gasteiger partial charge in [0.15, 0.2) is 0 Å². The lowest BCUT2D eigenvalue weighted by Crippen LogP contribution is -2.07. The first-order valence-electron chi connectivity index (χ1n) is 4.58. The average Bonchev–Trinajstić information content (AvgIpc) is 2.16. The smallest absolute Gasteiger partial charge is 0.0406 e. The van der Waals surface area contributed by atoms with Crippen molar-refractivity contribution in [2.75, 3.05) is 6.54 Å². The SMILES string of the molecule is CC[C](CCN)c1ccc(Cl)cc1. The maximum absolute atomic E-state index is 5.80. The third-order valence-electron chi connectivity index (χ3n) is 2.13. The van der Waals surface area contributed by atoms with E-state index in [4.69, 9.17) is 17.3 Å². The second kappa shape index (κ2) is 5.25. The summed E-state index contributed by atoms with van der Waals surface area (Å²) in [7, 11) is 0. The molecule has 0 bridgehead atoms. The second-order valence-corrected chi connectivity index (χ2v) is 3.44. The molecule has 0 aliphatic rings. The molecule has 1 aromatic carbocycles. The molecule has 0 atom stereocenters. The standard InChI is InChI=1S/C11H15ClN/c1-2-9(7-8-13)10-3-5-11(12)6-4-10/h3-6H,2,7-8,13H2,1H3. The van der Waals surface area contributed by atoms with E-state index < -0.39 is 0 Å². The lowest BCUT2D eigenvalue weighted by molar-refractivity contribution is 0.797. The van der Waals surface area contributed by atoms with Gasteiger partial charge < -0.3 is 5.73 Å². The van der Waals surface area contributed by atoms with Crippen LogP contribution in [-0.2, 0) is 0 Å². The topological polar surface area (TPSA) is 26.0 Å². The molecule has 2 heteroatoms. The molecule has 71 valence electrons. The molecule has 0 aromatic heterocycles. The number of nitrogens with two attached hydrogens (primary N) is 1. The predicted molar refractivity (Wildman–Crippen MR) is 57.8 cm³/mol. The van der Waals surface area contributed by atoms with Crippen LogP contribution in [0.4, 0.5) is 0 Å². The fraction of sp³-hybridized carbons (Fsp3) is 0.364. The summed E-state index contributed by atoms with van der Waals surface area (Å²) in [6.07, 6.45) is 2.02. The van der Waals surface area contributed by atoms with E-state index >= 15 is 0 Å². The maximum Gasteiger partial charge on any atom is 0.0406 e. The molecule has 0 aliphatic carbocycles. The summed E-state index contributed by atoms with van der Waals surface area (Å²) in [6, 6.07) is 7.94. The molecule has 0 aliphatic heterocycles. The first kappa shape index (κ1) is 10.6. The molecule has 1 radical (unpaired) electrons. The first-order chi connectivity index (χ1) is 6.27. The summed E-state index contributed by atoms with van der Waals surface area (Å²) in [4.78, 5) is 0. The number of rotatable bonds is 4. The van der Waals surface area contributed by atoms with Gasteiger partial charge in [0.05, 0.1) is 0 Å². The molecular weight excluding hydrogens is 182 g/mol. The van der Waals surface area contributed by atoms with Gasteiger partial charge in [-0.2, -0.15) is 0 Å². The zero-order chi connectivity index (χ0) is 9.68. The Hall–Kier alpha value is -0.530. The van der Waals surface area contributed by atoms with E-state index in [1.165, 1.54) is 11.5 Å². The van der Waals surface area contributed by atoms with Crippen LogP contribution < -0.4 is 5.73 Å². The van der Waals surface area contributed by atoms with Crippen LogP contribution in [0.15, 0.2) is 24.3 Å². The summed E-state index contributed by atoms with van der Waals surface area (Å²) in [5.74, 6) is 1.40. The van der Waals surface area contributed by atoms with Gasteiger partial charge in [0.2, 0.25) is 0 Å². The van der Waals surface area contributed by atoms with Gasteiger partial charge in [-0.1, -0.05) is 30.7 Å². The van der Waals surface area contributed by atoms with Crippen molar-refractivity contribution >= 4 is 11.6 Å². The van der Waals surface area contributed by atoms with Crippen LogP contribution in [0, 0.1) is 5.92 Å². The predicted octanol–water partition coefficient (Wildman–Crippen LogP) is 3.02. The molecule has 2 N–H and O–H groups in total. The normalized spacial score (nSPS) is 10.8. The van der Waals surface area contributed by atoms with Crippen molar-refractivity contribution < 1.29 is 0 Å². The maximum atomic E-state index is 5.80. The van der Waals surface area contributed by atoms with Crippen molar-refractivity contribution in [3.05, 3.63) is 40.8 Å². The summed E-state index contributed by atoms with van der Waals surface area (Å²) in [5, 5.41) is 0.784. The Balaban J connectivity index is 2.73. The Morgan fingerprint density at radius 1 is 1.31 bits per heavy atom. The average molecular weight is 197 g/mol. The molecule has 0 heterocycles. The van der Waals surface area contributed by atoms with Crippen molar-refractivity contribution in [1.82, 2.24) is 0 Å². The van der Waals surface area contributed by atoms with Crippen LogP contribution in [0.5, 0.6) is 0 Å². The third-order valence-corrected chi connectivity index (χ3v) is 2.38. The van der Waals surface area contributed by atoms with Gasteiger partial charge in [-0.25, -0.2) is 0 Å². The highest BCUT2D eigenvalue weighted by Crippen LogP contribution is 2.22. The third kappa shape index (κ3) is 3.02. The fourth-order valence-corrected chi connectivity index (χ4v) is 1.51. The molecule has 0 saturated carbocycles. The molecule has 0 spiro atoms. The minimum atomic E-state index is 0.714. The van der Waals surface area contributed by atoms with Crippen LogP contribution in [0.25, 0.3) is 0 Å². The molecule has 1 rings (SSSR count). The van der Waals surface area contributed by atoms with E-state index in [1.807, 2.05) is 12.1 Å². The van der Waals surface area contributed by atoms with Crippen LogP contribution >= 0.6 is 11.6 Å². The molecule has 1 nitrogen and oxygen atoms in total. The zero-order valence-electron chi connectivity index (χ0n) is 7.89. The van der Waals surface area contributed by atoms with Crippen LogP contribution in [0.3, 0.4) is 0 Å². The molecule has 0 saturated heterocycles. The van der Waals surface area contributed by atoms with Gasteiger partial charge in [0, 0.05) is 10.9 Å². The van der Waals surface area contributed by atoms with E-state index in [0.29, 0.717) is 6.54 Å². The highest BCUT2D eigenvalue weighted by Gasteiger charge is 2.07. The molecule has 0 amide bonds. The van der Waals surface area contributed by atoms with Crippen molar-refractivity contribution in [1.29, 1.82) is 0 Å². The summed E-state index contributed by atoms with van der Waals surface area (Å²) < 4.78 is 0. The lowest BCUT2D eigenvalue weighted by atomic mass is 9.93. The monoisotopic (exact) mass is 196 g/mol. The van der Waals surface area contributed by atoms with Crippen molar-refractivity contribution in [3.8, 4) is 0 Å². The number of benzene rings is 1. The summed E-state index contributed by atoms with van der Waals surface area (Å²) in [6.45, 7) is 2.87. The van der Waals surface area contributed by atoms with E-state index in [0.717, 1.165) is 17.9 Å². The first-order valence-corrected chi connectivity index (χ1v) is 4.96. The molecule has 1 aromatic rings. The molecule has 0 unspecified atom stereocenters. The lowest BCUT2D eigenvalue weighted by Gasteiger charge is -2.12. The fourth-order valence-electron chi connectivity index (χ4n) is 1.39. The van der Waals surface area contributed by atoms with Gasteiger partial charge in [-0.3, -0.25) is 0 Å². The Kier molecular flexibility index (Phi) is 4.26. The van der Waals surface area contributed by atoms with Crippen molar-refractivity contribution in [3.63, 3.8) is 0 Å². The summed E-state index contributed by atoms with van der Waals surface area (Å²) >= 11 is 5.80. The number of hydrogen-bond donors (Lipinski definition) is 1. The number of hydrogen-bond acceptors (Lipinski definition) is 1. The second-order valence-electron chi connectivity index (χ2n) is 3.00. The van der Waals surface area contributed by atoms with Gasteiger partial charge in [0.25, 0.3) is 0 Å². The van der Waals surface area contributed by atoms with Gasteiger partial charge >= 0.3 is 0 Å². The highest BCUT2D eigenvalue weighted by molar-refractivity contribution is 6.30. The quantitative estimate of drug-likeness (QED) is 0.787. The van der Waals surface area contributed by atoms with Crippen LogP contribution in [-0.4, -0.2) is 6.54 Å². The van der Waals surface area contributed by atoms with Crippen molar-refractivity contribution in [2.24, 2.45) is 5.73 Å². The van der Waals surface area contributed by atoms with Gasteiger partial charge in [-0.15, -0.1) is 0 Å². The Bertz CT molecular complexity index is 243. The van der Waals surface area contributed by atoms with Crippen molar-refractivity contribution in [2.45, 2.75) is 19.8 Å². The zero-order valence-corrected chi connectivity index (χ0v) is 8.64. The Morgan fingerprint density at radius 3 is 2.38 bits per heavy atom. The van der Waals surface area contributed by atoms with Gasteiger partial charge in [-0.05, 0) is 37.1 Å². The van der Waals surface area contributed by atoms with Crippen LogP contribution in [0.1, 0.15) is 25.3 Å². The van der Waals surface area contributed by atoms with E-state index in [-0.39, 0.29) is 0 Å². The Labute approximate surface area is 84.9 Å². The largest absolute Gasteiger partial charge is 0.330 e. The molecular formula is C11H15ClN. The van der Waals surface area contributed by atoms with E-state index in [9.17, 15) is 0 Å². The minimum absolute atomic E-state index is 0.714. The molecule has 13 heavy (non-hydrogen) atoms. The van der Waals surface area contributed by atoms with Gasteiger partial charge in [0.1, 0.15) is 0 Å².